The van der Waals surface area contributed by atoms with Crippen LogP contribution in [0.15, 0.2) is 21.9 Å². The minimum absolute atomic E-state index is 0.0393. The van der Waals surface area contributed by atoms with Crippen LogP contribution < -0.4 is 11.2 Å². The molecule has 0 saturated carbocycles. The van der Waals surface area contributed by atoms with Crippen molar-refractivity contribution in [1.82, 2.24) is 9.55 Å². The molecule has 0 amide bonds. The highest BCUT2D eigenvalue weighted by Crippen LogP contribution is 2.27. The van der Waals surface area contributed by atoms with Crippen LogP contribution in [0.4, 0.5) is 0 Å². The molecule has 1 aliphatic rings. The molecule has 9 nitrogen and oxygen atoms in total. The van der Waals surface area contributed by atoms with Gasteiger partial charge in [-0.3, -0.25) is 14.3 Å². The molecule has 4 N–H and O–H groups in total. The number of hydrogen-bond donors (Lipinski definition) is 4. The van der Waals surface area contributed by atoms with Crippen molar-refractivity contribution >= 4 is 12.0 Å². The molecule has 9 heteroatoms. The number of carboxylic acids is 1. The van der Waals surface area contributed by atoms with E-state index in [0.717, 1.165) is 22.9 Å². The number of nitrogens with zero attached hydrogens (tertiary/aromatic N) is 1. The van der Waals surface area contributed by atoms with Gasteiger partial charge in [-0.1, -0.05) is 0 Å². The molecule has 1 aromatic heterocycles. The molecule has 0 aromatic carbocycles. The van der Waals surface area contributed by atoms with Crippen molar-refractivity contribution in [3.05, 3.63) is 38.7 Å². The van der Waals surface area contributed by atoms with E-state index in [0.29, 0.717) is 0 Å². The monoisotopic (exact) mass is 298 g/mol. The van der Waals surface area contributed by atoms with Crippen molar-refractivity contribution in [3.8, 4) is 0 Å². The number of aliphatic carboxylic acids is 1. The zero-order chi connectivity index (χ0) is 15.6. The van der Waals surface area contributed by atoms with Crippen molar-refractivity contribution in [1.29, 1.82) is 0 Å². The smallest absolute Gasteiger partial charge is 0.330 e. The Kier molecular flexibility index (Phi) is 4.36. The molecule has 0 radical (unpaired) electrons. The van der Waals surface area contributed by atoms with Gasteiger partial charge in [-0.15, -0.1) is 0 Å². The molecule has 114 valence electrons. The molecular formula is C12H14N2O7. The number of rotatable bonds is 4. The molecule has 2 heterocycles. The van der Waals surface area contributed by atoms with Gasteiger partial charge in [0.2, 0.25) is 0 Å². The van der Waals surface area contributed by atoms with E-state index in [2.05, 4.69) is 0 Å². The van der Waals surface area contributed by atoms with Crippen molar-refractivity contribution in [2.45, 2.75) is 24.9 Å². The Bertz CT molecular complexity index is 675. The molecule has 3 atom stereocenters. The Morgan fingerprint density at radius 3 is 2.81 bits per heavy atom. The van der Waals surface area contributed by atoms with E-state index in [1.807, 2.05) is 4.98 Å². The summed E-state index contributed by atoms with van der Waals surface area (Å²) in [7, 11) is 0. The van der Waals surface area contributed by atoms with Crippen molar-refractivity contribution in [2.24, 2.45) is 0 Å². The molecule has 1 saturated heterocycles. The third-order valence-corrected chi connectivity index (χ3v) is 3.10. The normalized spacial score (nSPS) is 25.5. The van der Waals surface area contributed by atoms with Crippen LogP contribution in [0.1, 0.15) is 18.2 Å². The van der Waals surface area contributed by atoms with Gasteiger partial charge >= 0.3 is 11.7 Å². The lowest BCUT2D eigenvalue weighted by molar-refractivity contribution is -0.131. The molecule has 21 heavy (non-hydrogen) atoms. The van der Waals surface area contributed by atoms with Gasteiger partial charge in [0, 0.05) is 18.7 Å². The molecular weight excluding hydrogens is 284 g/mol. The van der Waals surface area contributed by atoms with Gasteiger partial charge in [-0.05, 0) is 6.08 Å². The highest BCUT2D eigenvalue weighted by molar-refractivity contribution is 5.85. The number of aliphatic hydroxyl groups excluding tert-OH is 2. The number of ether oxygens (including phenoxy) is 1. The molecule has 1 aliphatic heterocycles. The Labute approximate surface area is 117 Å². The summed E-state index contributed by atoms with van der Waals surface area (Å²) in [5.41, 5.74) is -1.52. The van der Waals surface area contributed by atoms with E-state index < -0.39 is 42.3 Å². The maximum absolute atomic E-state index is 11.8. The Morgan fingerprint density at radius 2 is 2.24 bits per heavy atom. The van der Waals surface area contributed by atoms with E-state index in [1.54, 1.807) is 0 Å². The summed E-state index contributed by atoms with van der Waals surface area (Å²) in [6.07, 6.45) is 0.436. The maximum atomic E-state index is 11.8. The number of nitrogens with one attached hydrogen (secondary N) is 1. The molecule has 1 unspecified atom stereocenters. The van der Waals surface area contributed by atoms with Crippen LogP contribution in [0.3, 0.4) is 0 Å². The van der Waals surface area contributed by atoms with Gasteiger partial charge in [0.1, 0.15) is 12.3 Å². The van der Waals surface area contributed by atoms with Gasteiger partial charge in [-0.2, -0.15) is 0 Å². The second-order valence-electron chi connectivity index (χ2n) is 4.54. The lowest BCUT2D eigenvalue weighted by atomic mass is 10.2. The molecule has 1 aromatic rings. The number of hydrogen-bond acceptors (Lipinski definition) is 6. The van der Waals surface area contributed by atoms with Crippen LogP contribution in [0.25, 0.3) is 6.08 Å². The number of carboxylic acid groups (broad SMARTS) is 1. The zero-order valence-corrected chi connectivity index (χ0v) is 10.8. The second kappa shape index (κ2) is 6.04. The predicted octanol–water partition coefficient (Wildman–Crippen LogP) is -1.72. The third-order valence-electron chi connectivity index (χ3n) is 3.10. The van der Waals surface area contributed by atoms with E-state index >= 15 is 0 Å². The molecule has 0 aliphatic carbocycles. The van der Waals surface area contributed by atoms with Crippen LogP contribution in [0.5, 0.6) is 0 Å². The number of H-pyrrole nitrogens is 1. The fraction of sp³-hybridized carbons (Fsp3) is 0.417. The van der Waals surface area contributed by atoms with Gasteiger partial charge in [0.05, 0.1) is 18.3 Å². The minimum atomic E-state index is -1.24. The number of aromatic nitrogens is 2. The highest BCUT2D eigenvalue weighted by Gasteiger charge is 2.35. The van der Waals surface area contributed by atoms with Gasteiger partial charge in [0.15, 0.2) is 0 Å². The third kappa shape index (κ3) is 3.27. The quantitative estimate of drug-likeness (QED) is 0.484. The Hall–Kier alpha value is -2.23. The standard InChI is InChI=1S/C12H14N2O7/c15-5-8-7(16)3-9(21-8)14-4-6(1-2-10(17)18)11(19)13-12(14)20/h1-2,4,7-9,15-16H,3,5H2,(H,17,18)(H,13,19,20)/b2-1+/t7?,8-,9-/m0/s1. The fourth-order valence-corrected chi connectivity index (χ4v) is 2.04. The first-order valence-electron chi connectivity index (χ1n) is 6.13. The maximum Gasteiger partial charge on any atom is 0.330 e. The van der Waals surface area contributed by atoms with Crippen molar-refractivity contribution in [2.75, 3.05) is 6.61 Å². The molecule has 0 bridgehead atoms. The minimum Gasteiger partial charge on any atom is -0.478 e. The van der Waals surface area contributed by atoms with Gasteiger partial charge in [-0.25, -0.2) is 9.59 Å². The van der Waals surface area contributed by atoms with Crippen molar-refractivity contribution < 1.29 is 24.9 Å². The summed E-state index contributed by atoms with van der Waals surface area (Å²) < 4.78 is 6.35. The molecule has 2 rings (SSSR count). The second-order valence-corrected chi connectivity index (χ2v) is 4.54. The summed E-state index contributed by atoms with van der Waals surface area (Å²) in [6, 6.07) is 0. The van der Waals surface area contributed by atoms with Gasteiger partial charge in [0.25, 0.3) is 5.56 Å². The summed E-state index contributed by atoms with van der Waals surface area (Å²) in [5, 5.41) is 27.2. The van der Waals surface area contributed by atoms with Crippen LogP contribution in [-0.2, 0) is 9.53 Å². The number of carbonyl (C=O) groups is 1. The van der Waals surface area contributed by atoms with E-state index in [4.69, 9.17) is 14.9 Å². The largest absolute Gasteiger partial charge is 0.478 e. The Balaban J connectivity index is 2.37. The first-order chi connectivity index (χ1) is 9.92. The predicted molar refractivity (Wildman–Crippen MR) is 69.6 cm³/mol. The van der Waals surface area contributed by atoms with E-state index in [1.165, 1.54) is 0 Å². The SMILES string of the molecule is O=C(O)/C=C/c1cn([C@@H]2CC(O)[C@H](CO)O2)c(=O)[nH]c1=O. The summed E-state index contributed by atoms with van der Waals surface area (Å²) in [6.45, 7) is -0.401. The van der Waals surface area contributed by atoms with E-state index in [9.17, 15) is 19.5 Å². The summed E-state index contributed by atoms with van der Waals surface area (Å²) in [4.78, 5) is 35.8. The number of aliphatic hydroxyl groups is 2. The molecule has 0 spiro atoms. The van der Waals surface area contributed by atoms with Crippen LogP contribution in [0, 0.1) is 0 Å². The zero-order valence-electron chi connectivity index (χ0n) is 10.8. The summed E-state index contributed by atoms with van der Waals surface area (Å²) in [5.74, 6) is -1.24. The lowest BCUT2D eigenvalue weighted by Gasteiger charge is -2.14. The lowest BCUT2D eigenvalue weighted by Crippen LogP contribution is -2.33. The van der Waals surface area contributed by atoms with Gasteiger partial charge < -0.3 is 20.1 Å². The van der Waals surface area contributed by atoms with Crippen molar-refractivity contribution in [3.63, 3.8) is 0 Å². The topological polar surface area (TPSA) is 142 Å². The van der Waals surface area contributed by atoms with Crippen LogP contribution >= 0.6 is 0 Å². The average Bonchev–Trinajstić information content (AvgIpc) is 2.78. The van der Waals surface area contributed by atoms with E-state index in [-0.39, 0.29) is 12.0 Å². The fourth-order valence-electron chi connectivity index (χ4n) is 2.04. The number of aromatic amines is 1. The Morgan fingerprint density at radius 1 is 1.52 bits per heavy atom. The van der Waals surface area contributed by atoms with Crippen LogP contribution in [-0.4, -0.2) is 49.7 Å². The summed E-state index contributed by atoms with van der Waals surface area (Å²) >= 11 is 0. The highest BCUT2D eigenvalue weighted by atomic mass is 16.5. The first kappa shape index (κ1) is 15.2. The van der Waals surface area contributed by atoms with Crippen LogP contribution in [0.2, 0.25) is 0 Å². The average molecular weight is 298 g/mol. The molecule has 1 fully saturated rings. The first-order valence-corrected chi connectivity index (χ1v) is 6.13.